The lowest BCUT2D eigenvalue weighted by Gasteiger charge is -2.10. The Morgan fingerprint density at radius 1 is 1.18 bits per heavy atom. The van der Waals surface area contributed by atoms with Crippen LogP contribution in [0.4, 0.5) is 4.39 Å². The molecule has 0 fully saturated rings. The van der Waals surface area contributed by atoms with E-state index in [-0.39, 0.29) is 11.7 Å². The van der Waals surface area contributed by atoms with E-state index < -0.39 is 0 Å². The van der Waals surface area contributed by atoms with Crippen LogP contribution in [0.3, 0.4) is 0 Å². The topological polar surface area (TPSA) is 26.0 Å². The summed E-state index contributed by atoms with van der Waals surface area (Å²) in [5.74, 6) is -0.0525. The van der Waals surface area contributed by atoms with Gasteiger partial charge in [0.2, 0.25) is 0 Å². The predicted molar refractivity (Wildman–Crippen MR) is 67.5 cm³/mol. The van der Waals surface area contributed by atoms with E-state index in [4.69, 9.17) is 5.73 Å². The highest BCUT2D eigenvalue weighted by Gasteiger charge is 2.28. The summed E-state index contributed by atoms with van der Waals surface area (Å²) in [7, 11) is 0. The van der Waals surface area contributed by atoms with Gasteiger partial charge in [-0.15, -0.1) is 0 Å². The van der Waals surface area contributed by atoms with Gasteiger partial charge in [-0.05, 0) is 46.9 Å². The predicted octanol–water partition coefficient (Wildman–Crippen LogP) is 3.21. The molecule has 0 bridgehead atoms. The first-order valence-electron chi connectivity index (χ1n) is 5.81. The Balaban J connectivity index is 2.34. The summed E-state index contributed by atoms with van der Waals surface area (Å²) in [5.41, 5.74) is 11.7. The van der Waals surface area contributed by atoms with Crippen molar-refractivity contribution in [3.8, 4) is 11.1 Å². The van der Waals surface area contributed by atoms with Crippen molar-refractivity contribution in [1.82, 2.24) is 0 Å². The molecule has 2 aromatic rings. The first-order chi connectivity index (χ1) is 8.22. The van der Waals surface area contributed by atoms with Crippen LogP contribution in [0, 0.1) is 12.7 Å². The number of nitrogens with two attached hydrogens (primary N) is 1. The van der Waals surface area contributed by atoms with E-state index in [1.165, 1.54) is 22.8 Å². The third kappa shape index (κ3) is 1.41. The van der Waals surface area contributed by atoms with Crippen molar-refractivity contribution in [2.45, 2.75) is 12.8 Å². The van der Waals surface area contributed by atoms with E-state index in [0.29, 0.717) is 6.54 Å². The standard InChI is InChI=1S/C15H14FN/c1-9-3-2-4-11-14(8-17)13-7-10(16)5-6-12(13)15(9)11/h2-7,14H,8,17H2,1H3. The molecule has 2 heteroatoms. The molecule has 0 heterocycles. The van der Waals surface area contributed by atoms with Gasteiger partial charge >= 0.3 is 0 Å². The Labute approximate surface area is 100 Å². The maximum atomic E-state index is 13.4. The zero-order valence-corrected chi connectivity index (χ0v) is 9.70. The SMILES string of the molecule is Cc1cccc2c1-c1ccc(F)cc1C2CN. The van der Waals surface area contributed by atoms with Crippen molar-refractivity contribution >= 4 is 0 Å². The molecule has 1 aliphatic rings. The lowest BCUT2D eigenvalue weighted by molar-refractivity contribution is 0.624. The minimum Gasteiger partial charge on any atom is -0.330 e. The zero-order chi connectivity index (χ0) is 12.0. The summed E-state index contributed by atoms with van der Waals surface area (Å²) >= 11 is 0. The van der Waals surface area contributed by atoms with E-state index in [9.17, 15) is 4.39 Å². The van der Waals surface area contributed by atoms with Gasteiger partial charge in [-0.3, -0.25) is 0 Å². The number of hydrogen-bond donors (Lipinski definition) is 1. The van der Waals surface area contributed by atoms with Crippen LogP contribution >= 0.6 is 0 Å². The molecular formula is C15H14FN. The van der Waals surface area contributed by atoms with Crippen LogP contribution in [0.2, 0.25) is 0 Å². The van der Waals surface area contributed by atoms with E-state index in [0.717, 1.165) is 11.1 Å². The highest BCUT2D eigenvalue weighted by molar-refractivity contribution is 5.81. The number of aryl methyl sites for hydroxylation is 1. The summed E-state index contributed by atoms with van der Waals surface area (Å²) in [6.45, 7) is 2.61. The summed E-state index contributed by atoms with van der Waals surface area (Å²) in [6.07, 6.45) is 0. The largest absolute Gasteiger partial charge is 0.330 e. The molecule has 1 atom stereocenters. The average molecular weight is 227 g/mol. The lowest BCUT2D eigenvalue weighted by Crippen LogP contribution is -2.11. The van der Waals surface area contributed by atoms with Crippen molar-refractivity contribution in [3.05, 3.63) is 58.9 Å². The molecule has 2 N–H and O–H groups in total. The Hall–Kier alpha value is -1.67. The highest BCUT2D eigenvalue weighted by Crippen LogP contribution is 2.45. The molecule has 1 nitrogen and oxygen atoms in total. The summed E-state index contributed by atoms with van der Waals surface area (Å²) in [6, 6.07) is 11.2. The fourth-order valence-electron chi connectivity index (χ4n) is 2.82. The van der Waals surface area contributed by atoms with Gasteiger partial charge in [-0.1, -0.05) is 24.3 Å². The van der Waals surface area contributed by atoms with Gasteiger partial charge in [0.05, 0.1) is 0 Å². The summed E-state index contributed by atoms with van der Waals surface area (Å²) in [5, 5.41) is 0. The van der Waals surface area contributed by atoms with Crippen molar-refractivity contribution in [2.24, 2.45) is 5.73 Å². The van der Waals surface area contributed by atoms with E-state index >= 15 is 0 Å². The van der Waals surface area contributed by atoms with Crippen LogP contribution in [-0.2, 0) is 0 Å². The van der Waals surface area contributed by atoms with Gasteiger partial charge in [0, 0.05) is 12.5 Å². The third-order valence-corrected chi connectivity index (χ3v) is 3.57. The van der Waals surface area contributed by atoms with Crippen LogP contribution in [0.25, 0.3) is 11.1 Å². The third-order valence-electron chi connectivity index (χ3n) is 3.57. The first-order valence-corrected chi connectivity index (χ1v) is 5.81. The van der Waals surface area contributed by atoms with Gasteiger partial charge < -0.3 is 5.73 Å². The van der Waals surface area contributed by atoms with E-state index in [1.54, 1.807) is 6.07 Å². The van der Waals surface area contributed by atoms with E-state index in [2.05, 4.69) is 19.1 Å². The van der Waals surface area contributed by atoms with Crippen molar-refractivity contribution in [3.63, 3.8) is 0 Å². The molecule has 1 aliphatic carbocycles. The second kappa shape index (κ2) is 3.67. The molecule has 86 valence electrons. The molecule has 0 saturated carbocycles. The molecule has 0 amide bonds. The summed E-state index contributed by atoms with van der Waals surface area (Å²) < 4.78 is 13.4. The Morgan fingerprint density at radius 2 is 2.00 bits per heavy atom. The molecule has 0 radical (unpaired) electrons. The maximum Gasteiger partial charge on any atom is 0.123 e. The van der Waals surface area contributed by atoms with Crippen LogP contribution in [0.1, 0.15) is 22.6 Å². The minimum absolute atomic E-state index is 0.135. The van der Waals surface area contributed by atoms with Crippen LogP contribution in [0.15, 0.2) is 36.4 Å². The fourth-order valence-corrected chi connectivity index (χ4v) is 2.82. The van der Waals surface area contributed by atoms with Gasteiger partial charge in [0.15, 0.2) is 0 Å². The first kappa shape index (κ1) is 10.5. The Bertz CT molecular complexity index is 589. The second-order valence-corrected chi connectivity index (χ2v) is 4.56. The number of benzene rings is 2. The molecule has 17 heavy (non-hydrogen) atoms. The second-order valence-electron chi connectivity index (χ2n) is 4.56. The maximum absolute atomic E-state index is 13.4. The molecule has 2 aromatic carbocycles. The number of rotatable bonds is 1. The Kier molecular flexibility index (Phi) is 2.26. The molecule has 0 aromatic heterocycles. The molecule has 0 aliphatic heterocycles. The highest BCUT2D eigenvalue weighted by atomic mass is 19.1. The average Bonchev–Trinajstić information content (AvgIpc) is 2.63. The van der Waals surface area contributed by atoms with E-state index in [1.807, 2.05) is 12.1 Å². The van der Waals surface area contributed by atoms with Gasteiger partial charge in [-0.2, -0.15) is 0 Å². The molecule has 0 saturated heterocycles. The molecular weight excluding hydrogens is 213 g/mol. The monoisotopic (exact) mass is 227 g/mol. The lowest BCUT2D eigenvalue weighted by atomic mass is 9.96. The molecule has 3 rings (SSSR count). The molecule has 0 spiro atoms. The van der Waals surface area contributed by atoms with Crippen molar-refractivity contribution in [1.29, 1.82) is 0 Å². The number of hydrogen-bond acceptors (Lipinski definition) is 1. The van der Waals surface area contributed by atoms with Gasteiger partial charge in [0.1, 0.15) is 5.82 Å². The Morgan fingerprint density at radius 3 is 2.76 bits per heavy atom. The van der Waals surface area contributed by atoms with Crippen molar-refractivity contribution < 1.29 is 4.39 Å². The van der Waals surface area contributed by atoms with Crippen LogP contribution in [0.5, 0.6) is 0 Å². The van der Waals surface area contributed by atoms with Crippen LogP contribution in [-0.4, -0.2) is 6.54 Å². The van der Waals surface area contributed by atoms with Crippen LogP contribution < -0.4 is 5.73 Å². The minimum atomic E-state index is -0.187. The van der Waals surface area contributed by atoms with Crippen molar-refractivity contribution in [2.75, 3.05) is 6.54 Å². The number of fused-ring (bicyclic) bond motifs is 3. The smallest absolute Gasteiger partial charge is 0.123 e. The summed E-state index contributed by atoms with van der Waals surface area (Å²) in [4.78, 5) is 0. The van der Waals surface area contributed by atoms with Gasteiger partial charge in [-0.25, -0.2) is 4.39 Å². The van der Waals surface area contributed by atoms with Gasteiger partial charge in [0.25, 0.3) is 0 Å². The normalized spacial score (nSPS) is 16.8. The molecule has 1 unspecified atom stereocenters. The quantitative estimate of drug-likeness (QED) is 0.795. The number of halogens is 1. The zero-order valence-electron chi connectivity index (χ0n) is 9.70. The fraction of sp³-hybridized carbons (Fsp3) is 0.200.